The van der Waals surface area contributed by atoms with Crippen LogP contribution in [0.2, 0.25) is 0 Å². The van der Waals surface area contributed by atoms with Crippen molar-refractivity contribution in [2.24, 2.45) is 5.73 Å². The fourth-order valence-electron chi connectivity index (χ4n) is 3.24. The standard InChI is InChI=1S/C13H20N2O2S.C10H14.Ru/c1-10-6-8-11(9-7-10)18(16,17)15-13-5-3-2-4-12(13)14;1-8(2)10-6-4-9(3)5-7-10;/h6-9,12-13,15H,2-5,14H2,1H3;4-8H,1-3H3;/t12-,13-;;/m1../s1. The van der Waals surface area contributed by atoms with E-state index in [1.165, 1.54) is 11.1 Å². The van der Waals surface area contributed by atoms with E-state index in [9.17, 15) is 8.42 Å². The molecule has 0 radical (unpaired) electrons. The predicted octanol–water partition coefficient (Wildman–Crippen LogP) is 4.66. The molecule has 1 aliphatic carbocycles. The molecule has 2 aromatic rings. The molecule has 2 atom stereocenters. The summed E-state index contributed by atoms with van der Waals surface area (Å²) in [6.07, 6.45) is 3.84. The summed E-state index contributed by atoms with van der Waals surface area (Å²) < 4.78 is 27.1. The number of nitrogens with two attached hydrogens (primary N) is 1. The van der Waals surface area contributed by atoms with Crippen molar-refractivity contribution in [3.8, 4) is 0 Å². The van der Waals surface area contributed by atoms with E-state index in [2.05, 4.69) is 49.8 Å². The summed E-state index contributed by atoms with van der Waals surface area (Å²) in [6, 6.07) is 15.4. The van der Waals surface area contributed by atoms with Gasteiger partial charge in [-0.25, -0.2) is 13.1 Å². The summed E-state index contributed by atoms with van der Waals surface area (Å²) >= 11 is 0. The first-order valence-electron chi connectivity index (χ1n) is 10.1. The third-order valence-corrected chi connectivity index (χ3v) is 6.71. The van der Waals surface area contributed by atoms with Crippen molar-refractivity contribution in [2.75, 3.05) is 0 Å². The monoisotopic (exact) mass is 504 g/mol. The van der Waals surface area contributed by atoms with Gasteiger partial charge < -0.3 is 5.73 Å². The summed E-state index contributed by atoms with van der Waals surface area (Å²) in [6.45, 7) is 8.47. The number of nitrogens with one attached hydrogen (secondary N) is 1. The molecule has 0 aromatic heterocycles. The van der Waals surface area contributed by atoms with E-state index in [1.54, 1.807) is 24.3 Å². The Morgan fingerprint density at radius 3 is 1.86 bits per heavy atom. The van der Waals surface area contributed by atoms with Crippen molar-refractivity contribution >= 4 is 10.0 Å². The Labute approximate surface area is 189 Å². The molecule has 1 aliphatic rings. The third kappa shape index (κ3) is 8.29. The molecular weight excluding hydrogens is 469 g/mol. The van der Waals surface area contributed by atoms with E-state index < -0.39 is 10.0 Å². The minimum atomic E-state index is -3.44. The van der Waals surface area contributed by atoms with E-state index >= 15 is 0 Å². The Kier molecular flexibility index (Phi) is 10.7. The summed E-state index contributed by atoms with van der Waals surface area (Å²) in [4.78, 5) is 0.311. The van der Waals surface area contributed by atoms with Gasteiger partial charge in [-0.3, -0.25) is 0 Å². The fraction of sp³-hybridized carbons (Fsp3) is 0.478. The molecule has 0 heterocycles. The Morgan fingerprint density at radius 1 is 0.897 bits per heavy atom. The van der Waals surface area contributed by atoms with E-state index in [1.807, 2.05) is 6.92 Å². The number of hydrogen-bond acceptors (Lipinski definition) is 3. The molecule has 6 heteroatoms. The number of sulfonamides is 1. The smallest absolute Gasteiger partial charge is 0.240 e. The van der Waals surface area contributed by atoms with Gasteiger partial charge in [0, 0.05) is 31.6 Å². The van der Waals surface area contributed by atoms with Crippen LogP contribution in [0.5, 0.6) is 0 Å². The second-order valence-electron chi connectivity index (χ2n) is 8.05. The Balaban J connectivity index is 0.000000327. The van der Waals surface area contributed by atoms with Crippen LogP contribution in [-0.4, -0.2) is 20.5 Å². The van der Waals surface area contributed by atoms with Gasteiger partial charge in [0.1, 0.15) is 0 Å². The van der Waals surface area contributed by atoms with Crippen molar-refractivity contribution in [3.05, 3.63) is 65.2 Å². The SMILES string of the molecule is Cc1ccc(C(C)C)cc1.Cc1ccc(S(=O)(=O)N[C@@H]2CCCC[C@H]2N)cc1.[Ru]. The molecular formula is C23H34N2O2RuS. The zero-order valence-electron chi connectivity index (χ0n) is 17.8. The molecule has 3 rings (SSSR count). The maximum Gasteiger partial charge on any atom is 0.240 e. The largest absolute Gasteiger partial charge is 0.326 e. The van der Waals surface area contributed by atoms with Crippen molar-refractivity contribution in [2.45, 2.75) is 76.3 Å². The van der Waals surface area contributed by atoms with Crippen molar-refractivity contribution in [1.82, 2.24) is 4.72 Å². The first-order valence-corrected chi connectivity index (χ1v) is 11.6. The van der Waals surface area contributed by atoms with Crippen molar-refractivity contribution in [3.63, 3.8) is 0 Å². The number of aryl methyl sites for hydroxylation is 2. The van der Waals surface area contributed by atoms with Gasteiger partial charge in [-0.05, 0) is 50.3 Å². The Bertz CT molecular complexity index is 834. The molecule has 29 heavy (non-hydrogen) atoms. The summed E-state index contributed by atoms with van der Waals surface area (Å²) in [5.41, 5.74) is 9.77. The van der Waals surface area contributed by atoms with E-state index in [0.717, 1.165) is 31.2 Å². The molecule has 0 amide bonds. The van der Waals surface area contributed by atoms with Crippen molar-refractivity contribution < 1.29 is 27.9 Å². The second-order valence-corrected chi connectivity index (χ2v) is 9.77. The minimum Gasteiger partial charge on any atom is -0.326 e. The van der Waals surface area contributed by atoms with Crippen LogP contribution in [-0.2, 0) is 29.5 Å². The maximum atomic E-state index is 12.2. The topological polar surface area (TPSA) is 72.2 Å². The van der Waals surface area contributed by atoms with Crippen LogP contribution >= 0.6 is 0 Å². The Hall–Kier alpha value is -1.07. The first-order chi connectivity index (χ1) is 13.2. The van der Waals surface area contributed by atoms with Crippen LogP contribution in [0, 0.1) is 13.8 Å². The summed E-state index contributed by atoms with van der Waals surface area (Å²) in [5, 5.41) is 0. The average Bonchev–Trinajstić information content (AvgIpc) is 2.65. The van der Waals surface area contributed by atoms with Crippen LogP contribution in [0.25, 0.3) is 0 Å². The second kappa shape index (κ2) is 11.9. The van der Waals surface area contributed by atoms with Crippen LogP contribution in [0.4, 0.5) is 0 Å². The van der Waals surface area contributed by atoms with E-state index in [4.69, 9.17) is 5.73 Å². The van der Waals surface area contributed by atoms with E-state index in [-0.39, 0.29) is 31.6 Å². The van der Waals surface area contributed by atoms with Gasteiger partial charge in [0.2, 0.25) is 10.0 Å². The molecule has 0 aliphatic heterocycles. The molecule has 0 spiro atoms. The van der Waals surface area contributed by atoms with Gasteiger partial charge in [-0.15, -0.1) is 0 Å². The molecule has 4 nitrogen and oxygen atoms in total. The van der Waals surface area contributed by atoms with E-state index in [0.29, 0.717) is 10.8 Å². The summed E-state index contributed by atoms with van der Waals surface area (Å²) in [7, 11) is -3.44. The zero-order valence-corrected chi connectivity index (χ0v) is 20.4. The van der Waals surface area contributed by atoms with Crippen LogP contribution in [0.1, 0.15) is 62.1 Å². The Morgan fingerprint density at radius 2 is 1.38 bits per heavy atom. The van der Waals surface area contributed by atoms with Crippen molar-refractivity contribution in [1.29, 1.82) is 0 Å². The molecule has 0 saturated heterocycles. The van der Waals surface area contributed by atoms with Crippen LogP contribution in [0.3, 0.4) is 0 Å². The third-order valence-electron chi connectivity index (χ3n) is 5.20. The number of rotatable bonds is 4. The van der Waals surface area contributed by atoms with Gasteiger partial charge in [0.15, 0.2) is 0 Å². The number of hydrogen-bond donors (Lipinski definition) is 2. The quantitative estimate of drug-likeness (QED) is 0.596. The molecule has 0 bridgehead atoms. The predicted molar refractivity (Wildman–Crippen MR) is 117 cm³/mol. The minimum absolute atomic E-state index is 0. The first kappa shape index (κ1) is 26.0. The van der Waals surface area contributed by atoms with Crippen LogP contribution < -0.4 is 10.5 Å². The average molecular weight is 504 g/mol. The normalized spacial score (nSPS) is 19.1. The van der Waals surface area contributed by atoms with Gasteiger partial charge in [0.05, 0.1) is 4.90 Å². The van der Waals surface area contributed by atoms with Crippen LogP contribution in [0.15, 0.2) is 53.4 Å². The molecule has 1 fully saturated rings. The number of benzene rings is 2. The van der Waals surface area contributed by atoms with Gasteiger partial charge in [-0.1, -0.05) is 74.2 Å². The molecule has 1 saturated carbocycles. The molecule has 2 aromatic carbocycles. The molecule has 0 unspecified atom stereocenters. The van der Waals surface area contributed by atoms with Gasteiger partial charge >= 0.3 is 0 Å². The summed E-state index contributed by atoms with van der Waals surface area (Å²) in [5.74, 6) is 0.653. The van der Waals surface area contributed by atoms with Gasteiger partial charge in [0.25, 0.3) is 0 Å². The zero-order chi connectivity index (χ0) is 20.7. The molecule has 162 valence electrons. The van der Waals surface area contributed by atoms with Gasteiger partial charge in [-0.2, -0.15) is 0 Å². The molecule has 3 N–H and O–H groups in total. The maximum absolute atomic E-state index is 12.2. The fourth-order valence-corrected chi connectivity index (χ4v) is 4.56.